The third-order valence-corrected chi connectivity index (χ3v) is 9.74. The fourth-order valence-electron chi connectivity index (χ4n) is 5.99. The van der Waals surface area contributed by atoms with Crippen molar-refractivity contribution >= 4 is 46.0 Å². The van der Waals surface area contributed by atoms with Crippen molar-refractivity contribution in [1.82, 2.24) is 19.4 Å². The first-order valence-corrected chi connectivity index (χ1v) is 15.2. The summed E-state index contributed by atoms with van der Waals surface area (Å²) in [4.78, 5) is 39.7. The van der Waals surface area contributed by atoms with Crippen LogP contribution < -0.4 is 10.6 Å². The number of thioether (sulfide) groups is 1. The Morgan fingerprint density at radius 3 is 2.60 bits per heavy atom. The number of benzene rings is 2. The topological polar surface area (TPSA) is 112 Å². The number of hydrogen-bond donors (Lipinski definition) is 2. The number of phenolic OH excluding ortho intramolecular Hbond substituents is 2. The molecule has 1 unspecified atom stereocenters. The summed E-state index contributed by atoms with van der Waals surface area (Å²) in [5.74, 6) is -1.22. The van der Waals surface area contributed by atoms with Gasteiger partial charge in [-0.05, 0) is 42.7 Å². The van der Waals surface area contributed by atoms with Crippen molar-refractivity contribution in [1.29, 1.82) is 0 Å². The average molecular weight is 622 g/mol. The van der Waals surface area contributed by atoms with Crippen molar-refractivity contribution in [3.63, 3.8) is 0 Å². The van der Waals surface area contributed by atoms with Gasteiger partial charge in [-0.1, -0.05) is 38.1 Å². The van der Waals surface area contributed by atoms with Crippen LogP contribution in [-0.2, 0) is 4.79 Å². The van der Waals surface area contributed by atoms with Crippen LogP contribution in [0.2, 0.25) is 5.02 Å². The summed E-state index contributed by atoms with van der Waals surface area (Å²) in [5, 5.41) is 21.9. The molecule has 9 nitrogen and oxygen atoms in total. The van der Waals surface area contributed by atoms with Crippen molar-refractivity contribution in [2.24, 2.45) is 0 Å². The molecule has 2 N–H and O–H groups in total. The van der Waals surface area contributed by atoms with Crippen LogP contribution >= 0.6 is 23.4 Å². The Kier molecular flexibility index (Phi) is 7.34. The van der Waals surface area contributed by atoms with E-state index in [1.807, 2.05) is 25.7 Å². The summed E-state index contributed by atoms with van der Waals surface area (Å²) >= 11 is 8.34. The molecular formula is C31H29ClFN5O4S. The Bertz CT molecular complexity index is 1880. The first-order valence-electron chi connectivity index (χ1n) is 13.8. The lowest BCUT2D eigenvalue weighted by Crippen LogP contribution is -2.56. The highest BCUT2D eigenvalue weighted by Gasteiger charge is 2.38. The third kappa shape index (κ3) is 4.53. The Labute approximate surface area is 256 Å². The third-order valence-electron chi connectivity index (χ3n) is 8.01. The van der Waals surface area contributed by atoms with E-state index in [4.69, 9.17) is 11.6 Å². The van der Waals surface area contributed by atoms with Crippen molar-refractivity contribution in [2.45, 2.75) is 37.6 Å². The number of carbonyl (C=O) groups is 1. The van der Waals surface area contributed by atoms with Crippen LogP contribution in [0.15, 0.2) is 52.8 Å². The monoisotopic (exact) mass is 621 g/mol. The standard InChI is InChI=1S/C31H29ClFN5O4S/c1-5-20(41)36-11-12-37-17(13-36)14-43-29-23-28(25(33)22(24(29)32)21-18(39)7-6-8-19(21)40)38(31(42)35-30(23)37)27-16(4)9-10-34-26(27)15(2)3/h5-10,15,17,39-40H,1,11-14H2,2-4H3. The summed E-state index contributed by atoms with van der Waals surface area (Å²) in [5.41, 5.74) is 0.479. The van der Waals surface area contributed by atoms with Crippen LogP contribution in [0.25, 0.3) is 27.7 Å². The van der Waals surface area contributed by atoms with Gasteiger partial charge in [0.15, 0.2) is 5.82 Å². The molecule has 0 bridgehead atoms. The van der Waals surface area contributed by atoms with Gasteiger partial charge in [0.2, 0.25) is 5.91 Å². The van der Waals surface area contributed by atoms with Crippen molar-refractivity contribution < 1.29 is 19.4 Å². The van der Waals surface area contributed by atoms with Crippen LogP contribution in [-0.4, -0.2) is 67.0 Å². The van der Waals surface area contributed by atoms with Gasteiger partial charge in [-0.25, -0.2) is 9.18 Å². The minimum atomic E-state index is -0.890. The lowest BCUT2D eigenvalue weighted by molar-refractivity contribution is -0.126. The molecule has 1 amide bonds. The number of nitrogens with zero attached hydrogens (tertiary/aromatic N) is 5. The summed E-state index contributed by atoms with van der Waals surface area (Å²) in [6.45, 7) is 10.4. The second-order valence-corrected chi connectivity index (χ2v) is 12.4. The Morgan fingerprint density at radius 2 is 1.93 bits per heavy atom. The zero-order valence-electron chi connectivity index (χ0n) is 23.8. The molecule has 2 aromatic carbocycles. The quantitative estimate of drug-likeness (QED) is 0.292. The molecule has 0 saturated carbocycles. The van der Waals surface area contributed by atoms with Gasteiger partial charge >= 0.3 is 5.69 Å². The number of aromatic hydroxyl groups is 2. The number of carbonyl (C=O) groups excluding carboxylic acids is 1. The first kappa shape index (κ1) is 29.0. The second-order valence-electron chi connectivity index (χ2n) is 10.9. The lowest BCUT2D eigenvalue weighted by atomic mass is 9.99. The van der Waals surface area contributed by atoms with Gasteiger partial charge in [-0.2, -0.15) is 4.98 Å². The maximum absolute atomic E-state index is 17.3. The van der Waals surface area contributed by atoms with E-state index in [0.29, 0.717) is 52.6 Å². The number of halogens is 2. The Morgan fingerprint density at radius 1 is 1.21 bits per heavy atom. The summed E-state index contributed by atoms with van der Waals surface area (Å²) in [6.07, 6.45) is 2.91. The number of fused-ring (bicyclic) bond motifs is 2. The van der Waals surface area contributed by atoms with E-state index < -0.39 is 11.5 Å². The van der Waals surface area contributed by atoms with Gasteiger partial charge in [-0.3, -0.25) is 14.3 Å². The molecule has 4 heterocycles. The predicted octanol–water partition coefficient (Wildman–Crippen LogP) is 5.39. The van der Waals surface area contributed by atoms with Crippen molar-refractivity contribution in [2.75, 3.05) is 30.3 Å². The summed E-state index contributed by atoms with van der Waals surface area (Å²) < 4.78 is 18.5. The van der Waals surface area contributed by atoms with E-state index in [1.54, 1.807) is 17.2 Å². The maximum Gasteiger partial charge on any atom is 0.354 e. The maximum atomic E-state index is 17.3. The molecule has 2 aliphatic rings. The Balaban J connectivity index is 1.76. The molecule has 2 aromatic heterocycles. The molecule has 0 aliphatic carbocycles. The molecular weight excluding hydrogens is 593 g/mol. The Hall–Kier alpha value is -4.09. The molecule has 4 aromatic rings. The highest BCUT2D eigenvalue weighted by molar-refractivity contribution is 7.99. The molecule has 1 fully saturated rings. The van der Waals surface area contributed by atoms with Crippen LogP contribution in [0.5, 0.6) is 11.5 Å². The second kappa shape index (κ2) is 10.9. The molecule has 0 spiro atoms. The van der Waals surface area contributed by atoms with Gasteiger partial charge < -0.3 is 20.0 Å². The van der Waals surface area contributed by atoms with E-state index in [1.165, 1.54) is 40.6 Å². The molecule has 1 atom stereocenters. The van der Waals surface area contributed by atoms with Crippen LogP contribution in [0.4, 0.5) is 10.2 Å². The zero-order chi connectivity index (χ0) is 30.7. The van der Waals surface area contributed by atoms with Crippen LogP contribution in [0, 0.1) is 12.7 Å². The number of pyridine rings is 1. The van der Waals surface area contributed by atoms with Gasteiger partial charge in [0.05, 0.1) is 38.9 Å². The number of aromatic nitrogens is 3. The normalized spacial score (nSPS) is 16.4. The smallest absolute Gasteiger partial charge is 0.354 e. The average Bonchev–Trinajstić information content (AvgIpc) is 3.13. The predicted molar refractivity (Wildman–Crippen MR) is 166 cm³/mol. The minimum absolute atomic E-state index is 0.0223. The number of piperazine rings is 1. The van der Waals surface area contributed by atoms with E-state index in [-0.39, 0.29) is 56.9 Å². The highest BCUT2D eigenvalue weighted by Crippen LogP contribution is 2.52. The molecule has 6 rings (SSSR count). The number of phenols is 2. The lowest BCUT2D eigenvalue weighted by Gasteiger charge is -2.41. The highest BCUT2D eigenvalue weighted by atomic mass is 35.5. The van der Waals surface area contributed by atoms with Crippen LogP contribution in [0.3, 0.4) is 0 Å². The number of rotatable bonds is 4. The minimum Gasteiger partial charge on any atom is -0.507 e. The molecule has 2 aliphatic heterocycles. The molecule has 1 saturated heterocycles. The molecule has 12 heteroatoms. The number of hydrogen-bond acceptors (Lipinski definition) is 8. The SMILES string of the molecule is C=CC(=O)N1CCN2c3nc(=O)n(-c4c(C)ccnc4C(C)C)c4c(F)c(-c5c(O)cccc5O)c(Cl)c(c34)SCC2C1. The van der Waals surface area contributed by atoms with Gasteiger partial charge in [0.1, 0.15) is 17.3 Å². The number of anilines is 1. The molecule has 222 valence electrons. The van der Waals surface area contributed by atoms with E-state index in [9.17, 15) is 19.8 Å². The fraction of sp³-hybridized carbons (Fsp3) is 0.290. The van der Waals surface area contributed by atoms with E-state index in [2.05, 4.69) is 16.5 Å². The van der Waals surface area contributed by atoms with Gasteiger partial charge in [-0.15, -0.1) is 11.8 Å². The molecule has 0 radical (unpaired) electrons. The first-order chi connectivity index (χ1) is 20.5. The summed E-state index contributed by atoms with van der Waals surface area (Å²) in [6, 6.07) is 5.59. The van der Waals surface area contributed by atoms with Crippen LogP contribution in [0.1, 0.15) is 31.0 Å². The number of amides is 1. The van der Waals surface area contributed by atoms with Gasteiger partial charge in [0.25, 0.3) is 0 Å². The fourth-order valence-corrected chi connectivity index (χ4v) is 7.63. The summed E-state index contributed by atoms with van der Waals surface area (Å²) in [7, 11) is 0. The van der Waals surface area contributed by atoms with Gasteiger partial charge in [0, 0.05) is 42.0 Å². The molecule has 43 heavy (non-hydrogen) atoms. The van der Waals surface area contributed by atoms with Crippen molar-refractivity contribution in [3.05, 3.63) is 75.7 Å². The van der Waals surface area contributed by atoms with E-state index in [0.717, 1.165) is 0 Å². The van der Waals surface area contributed by atoms with Crippen molar-refractivity contribution in [3.8, 4) is 28.3 Å². The zero-order valence-corrected chi connectivity index (χ0v) is 25.3. The van der Waals surface area contributed by atoms with E-state index >= 15 is 4.39 Å². The number of aryl methyl sites for hydroxylation is 1. The largest absolute Gasteiger partial charge is 0.507 e.